The van der Waals surface area contributed by atoms with Gasteiger partial charge in [-0.15, -0.1) is 0 Å². The molecule has 2 N–H and O–H groups in total. The number of pyridine rings is 1. The van der Waals surface area contributed by atoms with Gasteiger partial charge in [0.25, 0.3) is 5.91 Å². The van der Waals surface area contributed by atoms with Crippen molar-refractivity contribution in [1.29, 1.82) is 0 Å². The molecule has 0 saturated carbocycles. The lowest BCUT2D eigenvalue weighted by molar-refractivity contribution is -0.142. The van der Waals surface area contributed by atoms with Crippen molar-refractivity contribution in [3.05, 3.63) is 78.0 Å². The average molecular weight is 570 g/mol. The second-order valence-electron chi connectivity index (χ2n) is 9.46. The van der Waals surface area contributed by atoms with Crippen molar-refractivity contribution in [1.82, 2.24) is 15.3 Å². The highest BCUT2D eigenvalue weighted by Crippen LogP contribution is 2.41. The first-order valence-electron chi connectivity index (χ1n) is 13.1. The third kappa shape index (κ3) is 5.38. The van der Waals surface area contributed by atoms with Crippen LogP contribution in [0.1, 0.15) is 15.9 Å². The summed E-state index contributed by atoms with van der Waals surface area (Å²) in [5, 5.41) is 4.41. The molecule has 0 aliphatic heterocycles. The van der Waals surface area contributed by atoms with Gasteiger partial charge < -0.3 is 34.0 Å². The lowest BCUT2D eigenvalue weighted by Crippen LogP contribution is -2.43. The molecule has 2 aromatic heterocycles. The van der Waals surface area contributed by atoms with Crippen LogP contribution < -0.4 is 24.3 Å². The summed E-state index contributed by atoms with van der Waals surface area (Å²) >= 11 is 0. The fourth-order valence-corrected chi connectivity index (χ4v) is 4.99. The minimum absolute atomic E-state index is 0.231. The molecule has 1 atom stereocenters. The molecule has 0 aliphatic rings. The third-order valence-electron chi connectivity index (χ3n) is 7.11. The van der Waals surface area contributed by atoms with Crippen molar-refractivity contribution in [2.75, 3.05) is 35.5 Å². The number of carbonyl (C=O) groups is 2. The Morgan fingerprint density at radius 2 is 1.60 bits per heavy atom. The van der Waals surface area contributed by atoms with Crippen molar-refractivity contribution in [3.63, 3.8) is 0 Å². The highest BCUT2D eigenvalue weighted by atomic mass is 16.5. The molecule has 42 heavy (non-hydrogen) atoms. The summed E-state index contributed by atoms with van der Waals surface area (Å²) in [5.41, 5.74) is 3.79. The normalized spacial score (nSPS) is 11.6. The molecule has 0 unspecified atom stereocenters. The molecule has 0 saturated heterocycles. The summed E-state index contributed by atoms with van der Waals surface area (Å²) in [5.74, 6) is 0.847. The van der Waals surface area contributed by atoms with Gasteiger partial charge in [-0.2, -0.15) is 0 Å². The van der Waals surface area contributed by atoms with E-state index in [9.17, 15) is 9.59 Å². The predicted molar refractivity (Wildman–Crippen MR) is 159 cm³/mol. The van der Waals surface area contributed by atoms with Crippen molar-refractivity contribution in [3.8, 4) is 34.3 Å². The first-order valence-corrected chi connectivity index (χ1v) is 13.1. The fraction of sp³-hybridized carbons (Fsp3) is 0.219. The Balaban J connectivity index is 1.59. The van der Waals surface area contributed by atoms with Gasteiger partial charge in [-0.25, -0.2) is 9.78 Å². The smallest absolute Gasteiger partial charge is 0.328 e. The summed E-state index contributed by atoms with van der Waals surface area (Å²) in [7, 11) is 7.43. The van der Waals surface area contributed by atoms with E-state index in [2.05, 4.69) is 10.3 Å². The van der Waals surface area contributed by atoms with E-state index in [1.54, 1.807) is 43.5 Å². The van der Waals surface area contributed by atoms with E-state index in [1.165, 1.54) is 28.4 Å². The lowest BCUT2D eigenvalue weighted by atomic mass is 10.0. The van der Waals surface area contributed by atoms with E-state index >= 15 is 0 Å². The molecule has 0 aliphatic carbocycles. The molecule has 3 aromatic carbocycles. The number of hydrogen-bond donors (Lipinski definition) is 2. The minimum Gasteiger partial charge on any atom is -0.497 e. The minimum atomic E-state index is -0.944. The Hall–Kier alpha value is -5.25. The molecule has 216 valence electrons. The number of hydrogen-bond acceptors (Lipinski definition) is 8. The zero-order valence-electron chi connectivity index (χ0n) is 23.9. The van der Waals surface area contributed by atoms with E-state index in [0.29, 0.717) is 50.7 Å². The summed E-state index contributed by atoms with van der Waals surface area (Å²) < 4.78 is 27.0. The van der Waals surface area contributed by atoms with E-state index in [0.717, 1.165) is 16.5 Å². The van der Waals surface area contributed by atoms with Gasteiger partial charge in [0.05, 0.1) is 52.3 Å². The number of rotatable bonds is 10. The highest BCUT2D eigenvalue weighted by molar-refractivity contribution is 6.08. The second kappa shape index (κ2) is 12.1. The SMILES string of the molecule is COC(=O)[C@@H](Cc1c[nH]c2ccccc12)NC(=O)c1cc(-c2cc(OC)c(OC)c(OC)c2)nc2ccc(OC)cc12. The van der Waals surface area contributed by atoms with Crippen LogP contribution in [0, 0.1) is 0 Å². The van der Waals surface area contributed by atoms with Crippen LogP contribution in [-0.4, -0.2) is 63.4 Å². The monoisotopic (exact) mass is 569 g/mol. The number of nitrogens with zero attached hydrogens (tertiary/aromatic N) is 1. The average Bonchev–Trinajstić information content (AvgIpc) is 3.44. The number of fused-ring (bicyclic) bond motifs is 2. The van der Waals surface area contributed by atoms with E-state index < -0.39 is 17.9 Å². The number of benzene rings is 3. The molecular formula is C32H31N3O7. The van der Waals surface area contributed by atoms with Gasteiger partial charge in [0.1, 0.15) is 11.8 Å². The molecule has 5 aromatic rings. The quantitative estimate of drug-likeness (QED) is 0.227. The van der Waals surface area contributed by atoms with Crippen LogP contribution in [0.4, 0.5) is 0 Å². The van der Waals surface area contributed by atoms with Crippen LogP contribution in [0.15, 0.2) is 66.9 Å². The molecule has 2 heterocycles. The summed E-state index contributed by atoms with van der Waals surface area (Å²) in [6, 6.07) is 17.3. The molecule has 5 rings (SSSR count). The van der Waals surface area contributed by atoms with E-state index in [-0.39, 0.29) is 6.42 Å². The largest absolute Gasteiger partial charge is 0.497 e. The fourth-order valence-electron chi connectivity index (χ4n) is 4.99. The van der Waals surface area contributed by atoms with Crippen molar-refractivity contribution >= 4 is 33.7 Å². The van der Waals surface area contributed by atoms with Crippen molar-refractivity contribution in [2.24, 2.45) is 0 Å². The van der Waals surface area contributed by atoms with Crippen LogP contribution in [0.5, 0.6) is 23.0 Å². The third-order valence-corrected chi connectivity index (χ3v) is 7.11. The molecule has 0 spiro atoms. The van der Waals surface area contributed by atoms with Crippen LogP contribution in [-0.2, 0) is 16.0 Å². The van der Waals surface area contributed by atoms with Crippen LogP contribution in [0.3, 0.4) is 0 Å². The maximum absolute atomic E-state index is 13.9. The first-order chi connectivity index (χ1) is 20.4. The summed E-state index contributed by atoms with van der Waals surface area (Å²) in [6.07, 6.45) is 2.07. The maximum atomic E-state index is 13.9. The standard InChI is InChI=1S/C32H31N3O7/c1-38-20-10-11-25-22(15-20)23(16-26(34-25)18-13-28(39-2)30(41-4)29(14-18)40-3)31(36)35-27(32(37)42-5)12-19-17-33-24-9-7-6-8-21(19)24/h6-11,13-17,27,33H,12H2,1-5H3,(H,35,36)/t27-/m1/s1. The number of esters is 1. The Bertz CT molecular complexity index is 1750. The number of amides is 1. The number of nitrogens with one attached hydrogen (secondary N) is 2. The predicted octanol–water partition coefficient (Wildman–Crippen LogP) is 4.93. The van der Waals surface area contributed by atoms with Gasteiger partial charge in [0.2, 0.25) is 5.75 Å². The Labute approximate surface area is 242 Å². The molecule has 10 nitrogen and oxygen atoms in total. The van der Waals surface area contributed by atoms with Crippen LogP contribution in [0.2, 0.25) is 0 Å². The number of H-pyrrole nitrogens is 1. The van der Waals surface area contributed by atoms with Gasteiger partial charge in [-0.1, -0.05) is 18.2 Å². The van der Waals surface area contributed by atoms with E-state index in [1.807, 2.05) is 30.5 Å². The maximum Gasteiger partial charge on any atom is 0.328 e. The van der Waals surface area contributed by atoms with E-state index in [4.69, 9.17) is 28.7 Å². The Kier molecular flexibility index (Phi) is 8.14. The highest BCUT2D eigenvalue weighted by Gasteiger charge is 2.26. The first kappa shape index (κ1) is 28.3. The van der Waals surface area contributed by atoms with Crippen molar-refractivity contribution < 1.29 is 33.3 Å². The van der Waals surface area contributed by atoms with Gasteiger partial charge in [0.15, 0.2) is 11.5 Å². The summed E-state index contributed by atoms with van der Waals surface area (Å²) in [6.45, 7) is 0. The molecule has 1 amide bonds. The number of methoxy groups -OCH3 is 5. The number of aromatic nitrogens is 2. The van der Waals surface area contributed by atoms with Crippen LogP contribution in [0.25, 0.3) is 33.1 Å². The number of carbonyl (C=O) groups excluding carboxylic acids is 2. The van der Waals surface area contributed by atoms with Gasteiger partial charge in [-0.05, 0) is 48.0 Å². The van der Waals surface area contributed by atoms with Gasteiger partial charge >= 0.3 is 5.97 Å². The Morgan fingerprint density at radius 3 is 2.26 bits per heavy atom. The number of aromatic amines is 1. The second-order valence-corrected chi connectivity index (χ2v) is 9.46. The molecule has 0 bridgehead atoms. The van der Waals surface area contributed by atoms with Gasteiger partial charge in [-0.3, -0.25) is 4.79 Å². The zero-order valence-corrected chi connectivity index (χ0v) is 23.9. The molecule has 0 radical (unpaired) electrons. The zero-order chi connectivity index (χ0) is 29.8. The molecule has 10 heteroatoms. The number of ether oxygens (including phenoxy) is 5. The lowest BCUT2D eigenvalue weighted by Gasteiger charge is -2.18. The van der Waals surface area contributed by atoms with Crippen LogP contribution >= 0.6 is 0 Å². The Morgan fingerprint density at radius 1 is 0.857 bits per heavy atom. The molecular weight excluding hydrogens is 538 g/mol. The topological polar surface area (TPSA) is 121 Å². The van der Waals surface area contributed by atoms with Crippen molar-refractivity contribution in [2.45, 2.75) is 12.5 Å². The van der Waals surface area contributed by atoms with Gasteiger partial charge in [0, 0.05) is 34.5 Å². The number of para-hydroxylation sites is 1. The summed E-state index contributed by atoms with van der Waals surface area (Å²) in [4.78, 5) is 34.8. The molecule has 0 fully saturated rings.